The fourth-order valence-electron chi connectivity index (χ4n) is 3.34. The molecular formula is C17H25N3O5. The number of aliphatic hydroxyl groups excluding tert-OH is 1. The van der Waals surface area contributed by atoms with Crippen molar-refractivity contribution in [2.75, 3.05) is 45.8 Å². The Morgan fingerprint density at radius 1 is 1.08 bits per heavy atom. The first kappa shape index (κ1) is 17.9. The standard InChI is InChI=1S/C17H25N3O5/c21-12-13-9-14(22)17(24)15(25-13)10-18-5-7-19(8-6-18)11-16(23)20-3-1-2-4-20/h9,21,24H,1-8,10-12H2. The summed E-state index contributed by atoms with van der Waals surface area (Å²) in [6, 6.07) is 1.10. The molecule has 1 aromatic rings. The summed E-state index contributed by atoms with van der Waals surface area (Å²) in [4.78, 5) is 30.0. The van der Waals surface area contributed by atoms with Crippen LogP contribution in [0.25, 0.3) is 0 Å². The number of rotatable bonds is 5. The van der Waals surface area contributed by atoms with E-state index in [9.17, 15) is 14.7 Å². The first-order valence-corrected chi connectivity index (χ1v) is 8.75. The molecule has 3 heterocycles. The summed E-state index contributed by atoms with van der Waals surface area (Å²) in [7, 11) is 0. The fourth-order valence-corrected chi connectivity index (χ4v) is 3.34. The Labute approximate surface area is 146 Å². The molecule has 0 bridgehead atoms. The van der Waals surface area contributed by atoms with E-state index in [1.54, 1.807) is 0 Å². The van der Waals surface area contributed by atoms with Crippen LogP contribution >= 0.6 is 0 Å². The lowest BCUT2D eigenvalue weighted by Gasteiger charge is -2.34. The van der Waals surface area contributed by atoms with Gasteiger partial charge in [0, 0.05) is 45.3 Å². The van der Waals surface area contributed by atoms with E-state index >= 15 is 0 Å². The fraction of sp³-hybridized carbons (Fsp3) is 0.647. The minimum absolute atomic E-state index is 0.146. The van der Waals surface area contributed by atoms with E-state index < -0.39 is 11.2 Å². The zero-order chi connectivity index (χ0) is 17.8. The van der Waals surface area contributed by atoms with Crippen LogP contribution in [0.15, 0.2) is 15.3 Å². The van der Waals surface area contributed by atoms with Gasteiger partial charge in [-0.05, 0) is 12.8 Å². The average Bonchev–Trinajstić information content (AvgIpc) is 3.15. The number of nitrogens with zero attached hydrogens (tertiary/aromatic N) is 3. The molecule has 0 atom stereocenters. The molecule has 25 heavy (non-hydrogen) atoms. The lowest BCUT2D eigenvalue weighted by atomic mass is 10.2. The van der Waals surface area contributed by atoms with Gasteiger partial charge >= 0.3 is 0 Å². The van der Waals surface area contributed by atoms with E-state index in [1.807, 2.05) is 4.90 Å². The van der Waals surface area contributed by atoms with Crippen LogP contribution in [0.2, 0.25) is 0 Å². The van der Waals surface area contributed by atoms with E-state index in [2.05, 4.69) is 9.80 Å². The zero-order valence-corrected chi connectivity index (χ0v) is 14.3. The van der Waals surface area contributed by atoms with E-state index in [1.165, 1.54) is 0 Å². The van der Waals surface area contributed by atoms with Gasteiger partial charge in [-0.15, -0.1) is 0 Å². The quantitative estimate of drug-likeness (QED) is 0.743. The molecule has 2 aliphatic rings. The number of amides is 1. The molecule has 138 valence electrons. The number of hydrogen-bond donors (Lipinski definition) is 2. The smallest absolute Gasteiger partial charge is 0.236 e. The van der Waals surface area contributed by atoms with Crippen LogP contribution < -0.4 is 5.43 Å². The first-order chi connectivity index (χ1) is 12.1. The molecular weight excluding hydrogens is 326 g/mol. The van der Waals surface area contributed by atoms with Crippen molar-refractivity contribution < 1.29 is 19.4 Å². The number of carbonyl (C=O) groups is 1. The molecule has 2 N–H and O–H groups in total. The topological polar surface area (TPSA) is 97.5 Å². The molecule has 2 saturated heterocycles. The molecule has 0 aliphatic carbocycles. The van der Waals surface area contributed by atoms with Gasteiger partial charge in [-0.2, -0.15) is 0 Å². The highest BCUT2D eigenvalue weighted by Crippen LogP contribution is 2.17. The third kappa shape index (κ3) is 4.39. The summed E-state index contributed by atoms with van der Waals surface area (Å²) >= 11 is 0. The van der Waals surface area contributed by atoms with Crippen LogP contribution in [0.5, 0.6) is 5.75 Å². The largest absolute Gasteiger partial charge is 0.502 e. The highest BCUT2D eigenvalue weighted by atomic mass is 16.4. The number of aliphatic hydroxyl groups is 1. The number of piperazine rings is 1. The maximum absolute atomic E-state index is 12.2. The van der Waals surface area contributed by atoms with E-state index in [0.29, 0.717) is 13.1 Å². The summed E-state index contributed by atoms with van der Waals surface area (Å²) < 4.78 is 5.38. The van der Waals surface area contributed by atoms with Crippen LogP contribution in [0, 0.1) is 0 Å². The lowest BCUT2D eigenvalue weighted by Crippen LogP contribution is -2.49. The third-order valence-corrected chi connectivity index (χ3v) is 4.85. The van der Waals surface area contributed by atoms with Crippen LogP contribution in [0.1, 0.15) is 24.4 Å². The van der Waals surface area contributed by atoms with Crippen LogP contribution in [0.4, 0.5) is 0 Å². The van der Waals surface area contributed by atoms with Crippen molar-refractivity contribution in [1.82, 2.24) is 14.7 Å². The van der Waals surface area contributed by atoms with Gasteiger partial charge in [0.15, 0.2) is 5.76 Å². The van der Waals surface area contributed by atoms with Gasteiger partial charge in [-0.25, -0.2) is 0 Å². The predicted octanol–water partition coefficient (Wildman–Crippen LogP) is -0.422. The second-order valence-corrected chi connectivity index (χ2v) is 6.65. The number of likely N-dealkylation sites (tertiary alicyclic amines) is 1. The molecule has 1 amide bonds. The van der Waals surface area contributed by atoms with Gasteiger partial charge in [-0.1, -0.05) is 0 Å². The highest BCUT2D eigenvalue weighted by molar-refractivity contribution is 5.78. The van der Waals surface area contributed by atoms with Crippen molar-refractivity contribution in [2.45, 2.75) is 26.0 Å². The summed E-state index contributed by atoms with van der Waals surface area (Å²) in [5.41, 5.74) is -0.542. The van der Waals surface area contributed by atoms with Gasteiger partial charge in [0.2, 0.25) is 17.1 Å². The van der Waals surface area contributed by atoms with Crippen molar-refractivity contribution in [1.29, 1.82) is 0 Å². The summed E-state index contributed by atoms with van der Waals surface area (Å²) in [5.74, 6) is 0.125. The predicted molar refractivity (Wildman–Crippen MR) is 90.1 cm³/mol. The number of carbonyl (C=O) groups excluding carboxylic acids is 1. The van der Waals surface area contributed by atoms with Crippen molar-refractivity contribution >= 4 is 5.91 Å². The maximum atomic E-state index is 12.2. The first-order valence-electron chi connectivity index (χ1n) is 8.75. The monoisotopic (exact) mass is 351 g/mol. The Balaban J connectivity index is 1.52. The van der Waals surface area contributed by atoms with Gasteiger partial charge in [0.1, 0.15) is 12.4 Å². The minimum atomic E-state index is -0.542. The van der Waals surface area contributed by atoms with Crippen LogP contribution in [0.3, 0.4) is 0 Å². The Kier molecular flexibility index (Phi) is 5.72. The van der Waals surface area contributed by atoms with Gasteiger partial charge in [0.05, 0.1) is 13.1 Å². The summed E-state index contributed by atoms with van der Waals surface area (Å²) in [6.07, 6.45) is 2.20. The Morgan fingerprint density at radius 3 is 2.36 bits per heavy atom. The Bertz CT molecular complexity index is 661. The average molecular weight is 351 g/mol. The second kappa shape index (κ2) is 7.99. The molecule has 2 aliphatic heterocycles. The number of hydrogen-bond acceptors (Lipinski definition) is 7. The Morgan fingerprint density at radius 2 is 1.72 bits per heavy atom. The molecule has 8 heteroatoms. The molecule has 0 spiro atoms. The molecule has 8 nitrogen and oxygen atoms in total. The van der Waals surface area contributed by atoms with E-state index in [0.717, 1.165) is 58.2 Å². The molecule has 2 fully saturated rings. The number of aromatic hydroxyl groups is 1. The molecule has 0 unspecified atom stereocenters. The normalized spacial score (nSPS) is 19.5. The summed E-state index contributed by atoms with van der Waals surface area (Å²) in [6.45, 7) is 5.08. The molecule has 0 saturated carbocycles. The van der Waals surface area contributed by atoms with Gasteiger partial charge in [0.25, 0.3) is 0 Å². The van der Waals surface area contributed by atoms with Gasteiger partial charge in [-0.3, -0.25) is 19.4 Å². The molecule has 0 radical (unpaired) electrons. The van der Waals surface area contributed by atoms with E-state index in [4.69, 9.17) is 9.52 Å². The van der Waals surface area contributed by atoms with Crippen LogP contribution in [-0.2, 0) is 17.9 Å². The SMILES string of the molecule is O=C(CN1CCN(Cc2oc(CO)cc(=O)c2O)CC1)N1CCCC1. The van der Waals surface area contributed by atoms with Crippen molar-refractivity contribution in [3.8, 4) is 5.75 Å². The van der Waals surface area contributed by atoms with Crippen molar-refractivity contribution in [3.63, 3.8) is 0 Å². The molecule has 0 aromatic carbocycles. The highest BCUT2D eigenvalue weighted by Gasteiger charge is 2.24. The van der Waals surface area contributed by atoms with Crippen molar-refractivity contribution in [3.05, 3.63) is 27.8 Å². The maximum Gasteiger partial charge on any atom is 0.236 e. The third-order valence-electron chi connectivity index (χ3n) is 4.85. The molecule has 3 rings (SSSR count). The Hall–Kier alpha value is -1.90. The lowest BCUT2D eigenvalue weighted by molar-refractivity contribution is -0.131. The summed E-state index contributed by atoms with van der Waals surface area (Å²) in [5, 5.41) is 19.0. The van der Waals surface area contributed by atoms with E-state index in [-0.39, 0.29) is 24.0 Å². The van der Waals surface area contributed by atoms with Gasteiger partial charge < -0.3 is 19.5 Å². The molecule has 1 aromatic heterocycles. The van der Waals surface area contributed by atoms with Crippen molar-refractivity contribution in [2.24, 2.45) is 0 Å². The zero-order valence-electron chi connectivity index (χ0n) is 14.3. The van der Waals surface area contributed by atoms with Crippen LogP contribution in [-0.4, -0.2) is 76.6 Å². The second-order valence-electron chi connectivity index (χ2n) is 6.65. The minimum Gasteiger partial charge on any atom is -0.502 e.